The van der Waals surface area contributed by atoms with Crippen LogP contribution in [0.3, 0.4) is 0 Å². The van der Waals surface area contributed by atoms with Crippen molar-refractivity contribution in [3.63, 3.8) is 0 Å². The molecule has 130 valence electrons. The average Bonchev–Trinajstić information content (AvgIpc) is 2.94. The molecule has 1 fully saturated rings. The van der Waals surface area contributed by atoms with Crippen molar-refractivity contribution >= 4 is 55.0 Å². The Morgan fingerprint density at radius 2 is 1.96 bits per heavy atom. The summed E-state index contributed by atoms with van der Waals surface area (Å²) in [5.41, 5.74) is 3.81. The number of benzene rings is 2. The Bertz CT molecular complexity index is 851. The molecule has 0 aliphatic carbocycles. The van der Waals surface area contributed by atoms with Gasteiger partial charge in [-0.25, -0.2) is 0 Å². The highest BCUT2D eigenvalue weighted by atomic mass is 79.9. The van der Waals surface area contributed by atoms with Gasteiger partial charge in [0.1, 0.15) is 0 Å². The van der Waals surface area contributed by atoms with E-state index in [0.29, 0.717) is 12.2 Å². The summed E-state index contributed by atoms with van der Waals surface area (Å²) in [4.78, 5) is 26.8. The van der Waals surface area contributed by atoms with Gasteiger partial charge in [-0.2, -0.15) is 0 Å². The number of aryl methyl sites for hydroxylation is 1. The summed E-state index contributed by atoms with van der Waals surface area (Å²) in [6, 6.07) is 11.5. The number of amides is 2. The van der Waals surface area contributed by atoms with Crippen LogP contribution in [-0.4, -0.2) is 18.4 Å². The maximum absolute atomic E-state index is 12.6. The Morgan fingerprint density at radius 3 is 2.68 bits per heavy atom. The molecule has 0 saturated carbocycles. The van der Waals surface area contributed by atoms with Crippen LogP contribution < -0.4 is 10.2 Å². The van der Waals surface area contributed by atoms with Gasteiger partial charge < -0.3 is 10.2 Å². The fraction of sp³-hybridized carbons (Fsp3) is 0.263. The number of hydrogen-bond acceptors (Lipinski definition) is 2. The normalized spacial score (nSPS) is 17.0. The number of nitrogens with one attached hydrogen (secondary N) is 1. The van der Waals surface area contributed by atoms with Crippen LogP contribution in [-0.2, 0) is 9.59 Å². The molecule has 2 aromatic carbocycles. The molecule has 0 spiro atoms. The van der Waals surface area contributed by atoms with E-state index in [4.69, 9.17) is 0 Å². The van der Waals surface area contributed by atoms with Gasteiger partial charge in [0.25, 0.3) is 0 Å². The zero-order valence-corrected chi connectivity index (χ0v) is 17.1. The Kier molecular flexibility index (Phi) is 5.29. The van der Waals surface area contributed by atoms with Crippen molar-refractivity contribution in [1.82, 2.24) is 0 Å². The predicted molar refractivity (Wildman–Crippen MR) is 107 cm³/mol. The second-order valence-corrected chi connectivity index (χ2v) is 8.01. The number of rotatable bonds is 3. The molecule has 1 heterocycles. The average molecular weight is 466 g/mol. The molecule has 0 unspecified atom stereocenters. The molecule has 1 aliphatic heterocycles. The molecular formula is C19H18Br2N2O2. The second-order valence-electron chi connectivity index (χ2n) is 6.24. The van der Waals surface area contributed by atoms with Crippen molar-refractivity contribution in [3.05, 3.63) is 56.5 Å². The van der Waals surface area contributed by atoms with Crippen molar-refractivity contribution in [3.8, 4) is 0 Å². The summed E-state index contributed by atoms with van der Waals surface area (Å²) < 4.78 is 1.72. The van der Waals surface area contributed by atoms with E-state index < -0.39 is 0 Å². The SMILES string of the molecule is Cc1cccc(N2C[C@@H](C(=O)Nc3ccc(Br)cc3Br)CC2=O)c1C. The fourth-order valence-electron chi connectivity index (χ4n) is 2.97. The van der Waals surface area contributed by atoms with Crippen molar-refractivity contribution in [1.29, 1.82) is 0 Å². The van der Waals surface area contributed by atoms with E-state index in [0.717, 1.165) is 25.8 Å². The van der Waals surface area contributed by atoms with Gasteiger partial charge in [0.05, 0.1) is 11.6 Å². The van der Waals surface area contributed by atoms with Crippen LogP contribution in [0.2, 0.25) is 0 Å². The number of halogens is 2. The van der Waals surface area contributed by atoms with Crippen LogP contribution in [0.25, 0.3) is 0 Å². The molecule has 3 rings (SSSR count). The summed E-state index contributed by atoms with van der Waals surface area (Å²) >= 11 is 6.83. The molecule has 0 radical (unpaired) electrons. The standard InChI is InChI=1S/C19H18Br2N2O2/c1-11-4-3-5-17(12(11)2)23-10-13(8-18(23)24)19(25)22-16-7-6-14(20)9-15(16)21/h3-7,9,13H,8,10H2,1-2H3,(H,22,25)/t13-/m0/s1. The highest BCUT2D eigenvalue weighted by Gasteiger charge is 2.35. The van der Waals surface area contributed by atoms with Crippen LogP contribution in [0.5, 0.6) is 0 Å². The van der Waals surface area contributed by atoms with Gasteiger partial charge in [0.2, 0.25) is 11.8 Å². The molecule has 1 saturated heterocycles. The lowest BCUT2D eigenvalue weighted by atomic mass is 10.1. The molecular weight excluding hydrogens is 448 g/mol. The molecule has 6 heteroatoms. The lowest BCUT2D eigenvalue weighted by Gasteiger charge is -2.20. The van der Waals surface area contributed by atoms with Crippen molar-refractivity contribution in [2.45, 2.75) is 20.3 Å². The molecule has 2 aromatic rings. The van der Waals surface area contributed by atoms with Gasteiger partial charge in [-0.1, -0.05) is 28.1 Å². The second kappa shape index (κ2) is 7.30. The van der Waals surface area contributed by atoms with Crippen molar-refractivity contribution < 1.29 is 9.59 Å². The predicted octanol–water partition coefficient (Wildman–Crippen LogP) is 4.82. The Labute approximate surface area is 163 Å². The monoisotopic (exact) mass is 464 g/mol. The molecule has 2 amide bonds. The number of carbonyl (C=O) groups excluding carboxylic acids is 2. The molecule has 25 heavy (non-hydrogen) atoms. The highest BCUT2D eigenvalue weighted by Crippen LogP contribution is 2.31. The Balaban J connectivity index is 1.75. The molecule has 4 nitrogen and oxygen atoms in total. The van der Waals surface area contributed by atoms with E-state index in [9.17, 15) is 9.59 Å². The smallest absolute Gasteiger partial charge is 0.229 e. The molecule has 0 aromatic heterocycles. The van der Waals surface area contributed by atoms with E-state index in [2.05, 4.69) is 37.2 Å². The van der Waals surface area contributed by atoms with E-state index in [1.165, 1.54) is 0 Å². The largest absolute Gasteiger partial charge is 0.325 e. The minimum Gasteiger partial charge on any atom is -0.325 e. The molecule has 1 atom stereocenters. The number of carbonyl (C=O) groups is 2. The lowest BCUT2D eigenvalue weighted by molar-refractivity contribution is -0.122. The van der Waals surface area contributed by atoms with Gasteiger partial charge in [0, 0.05) is 27.6 Å². The highest BCUT2D eigenvalue weighted by molar-refractivity contribution is 9.11. The lowest BCUT2D eigenvalue weighted by Crippen LogP contribution is -2.28. The van der Waals surface area contributed by atoms with Crippen molar-refractivity contribution in [2.75, 3.05) is 16.8 Å². The van der Waals surface area contributed by atoms with E-state index in [1.807, 2.05) is 50.2 Å². The van der Waals surface area contributed by atoms with Gasteiger partial charge >= 0.3 is 0 Å². The third-order valence-electron chi connectivity index (χ3n) is 4.55. The minimum atomic E-state index is -0.358. The van der Waals surface area contributed by atoms with Gasteiger partial charge in [-0.3, -0.25) is 9.59 Å². The first-order chi connectivity index (χ1) is 11.9. The third-order valence-corrected chi connectivity index (χ3v) is 5.70. The van der Waals surface area contributed by atoms with Gasteiger partial charge in [0.15, 0.2) is 0 Å². The first-order valence-corrected chi connectivity index (χ1v) is 9.58. The summed E-state index contributed by atoms with van der Waals surface area (Å²) in [6.45, 7) is 4.43. The van der Waals surface area contributed by atoms with Gasteiger partial charge in [-0.05, 0) is 65.2 Å². The maximum Gasteiger partial charge on any atom is 0.229 e. The van der Waals surface area contributed by atoms with E-state index in [1.54, 1.807) is 4.90 Å². The number of anilines is 2. The van der Waals surface area contributed by atoms with Crippen LogP contribution in [0.15, 0.2) is 45.3 Å². The zero-order chi connectivity index (χ0) is 18.1. The summed E-state index contributed by atoms with van der Waals surface area (Å²) in [5, 5.41) is 2.91. The van der Waals surface area contributed by atoms with E-state index in [-0.39, 0.29) is 24.2 Å². The number of nitrogens with zero attached hydrogens (tertiary/aromatic N) is 1. The third kappa shape index (κ3) is 3.80. The van der Waals surface area contributed by atoms with E-state index >= 15 is 0 Å². The minimum absolute atomic E-state index is 0.0104. The van der Waals surface area contributed by atoms with Crippen LogP contribution in [0.1, 0.15) is 17.5 Å². The topological polar surface area (TPSA) is 49.4 Å². The molecule has 0 bridgehead atoms. The quantitative estimate of drug-likeness (QED) is 0.706. The number of hydrogen-bond donors (Lipinski definition) is 1. The first kappa shape index (κ1) is 18.1. The Morgan fingerprint density at radius 1 is 1.20 bits per heavy atom. The van der Waals surface area contributed by atoms with Crippen LogP contribution in [0, 0.1) is 19.8 Å². The summed E-state index contributed by atoms with van der Waals surface area (Å²) in [7, 11) is 0. The van der Waals surface area contributed by atoms with Gasteiger partial charge in [-0.15, -0.1) is 0 Å². The molecule has 1 aliphatic rings. The summed E-state index contributed by atoms with van der Waals surface area (Å²) in [5.74, 6) is -0.504. The van der Waals surface area contributed by atoms with Crippen molar-refractivity contribution in [2.24, 2.45) is 5.92 Å². The zero-order valence-electron chi connectivity index (χ0n) is 14.0. The maximum atomic E-state index is 12.6. The van der Waals surface area contributed by atoms with Crippen LogP contribution in [0.4, 0.5) is 11.4 Å². The fourth-order valence-corrected chi connectivity index (χ4v) is 4.12. The Hall–Kier alpha value is -1.66. The first-order valence-electron chi connectivity index (χ1n) is 7.99. The molecule has 1 N–H and O–H groups in total. The summed E-state index contributed by atoms with van der Waals surface area (Å²) in [6.07, 6.45) is 0.230. The van der Waals surface area contributed by atoms with Crippen LogP contribution >= 0.6 is 31.9 Å².